The maximum absolute atomic E-state index is 5.88. The van der Waals surface area contributed by atoms with Crippen LogP contribution < -0.4 is 9.05 Å². The van der Waals surface area contributed by atoms with E-state index in [9.17, 15) is 0 Å². The molecule has 0 aliphatic carbocycles. The van der Waals surface area contributed by atoms with Crippen LogP contribution in [0.1, 0.15) is 0 Å². The number of hydrogen-bond donors (Lipinski definition) is 1. The van der Waals surface area contributed by atoms with Gasteiger partial charge in [-0.2, -0.15) is 0 Å². The standard InChI is InChI=1S/C24H19O2PS2/c28-27(29,25-23-15-11-21(12-16-23)19-7-3-1-4-8-19)26-24-17-13-22(14-18-24)20-9-5-2-6-10-20/h1-18H,(H,28,29). The first-order chi connectivity index (χ1) is 14.1. The van der Waals surface area contributed by atoms with Crippen molar-refractivity contribution in [3.63, 3.8) is 0 Å². The van der Waals surface area contributed by atoms with Crippen LogP contribution >= 0.6 is 17.9 Å². The largest absolute Gasteiger partial charge is 0.428 e. The summed E-state index contributed by atoms with van der Waals surface area (Å²) in [6, 6.07) is 35.9. The third-order valence-corrected chi connectivity index (χ3v) is 6.18. The van der Waals surface area contributed by atoms with Crippen molar-refractivity contribution in [1.29, 1.82) is 0 Å². The van der Waals surface area contributed by atoms with E-state index >= 15 is 0 Å². The van der Waals surface area contributed by atoms with Crippen LogP contribution in [0, 0.1) is 0 Å². The van der Waals surface area contributed by atoms with Gasteiger partial charge in [0.2, 0.25) is 0 Å². The van der Waals surface area contributed by atoms with Gasteiger partial charge in [-0.05, 0) is 58.3 Å². The molecule has 0 bridgehead atoms. The average Bonchev–Trinajstić information content (AvgIpc) is 2.75. The van der Waals surface area contributed by atoms with Gasteiger partial charge in [-0.25, -0.2) is 0 Å². The molecule has 5 heteroatoms. The van der Waals surface area contributed by atoms with Gasteiger partial charge >= 0.3 is 5.69 Å². The van der Waals surface area contributed by atoms with E-state index < -0.39 is 5.69 Å². The predicted octanol–water partition coefficient (Wildman–Crippen LogP) is 7.63. The van der Waals surface area contributed by atoms with E-state index in [-0.39, 0.29) is 0 Å². The van der Waals surface area contributed by atoms with E-state index in [0.717, 1.165) is 22.3 Å². The molecule has 0 spiro atoms. The van der Waals surface area contributed by atoms with Gasteiger partial charge in [0, 0.05) is 0 Å². The quantitative estimate of drug-likeness (QED) is 0.249. The van der Waals surface area contributed by atoms with Crippen LogP contribution in [-0.2, 0) is 11.8 Å². The van der Waals surface area contributed by atoms with Crippen molar-refractivity contribution in [2.75, 3.05) is 0 Å². The van der Waals surface area contributed by atoms with E-state index in [2.05, 4.69) is 36.5 Å². The van der Waals surface area contributed by atoms with Crippen LogP contribution in [0.2, 0.25) is 0 Å². The Morgan fingerprint density at radius 3 is 1.14 bits per heavy atom. The third kappa shape index (κ3) is 5.30. The lowest BCUT2D eigenvalue weighted by atomic mass is 10.1. The Kier molecular flexibility index (Phi) is 6.05. The molecular formula is C24H19O2PS2. The van der Waals surface area contributed by atoms with Gasteiger partial charge in [-0.3, -0.25) is 0 Å². The fraction of sp³-hybridized carbons (Fsp3) is 0. The Morgan fingerprint density at radius 2 is 0.793 bits per heavy atom. The van der Waals surface area contributed by atoms with Crippen LogP contribution in [-0.4, -0.2) is 0 Å². The second-order valence-corrected chi connectivity index (χ2v) is 11.6. The topological polar surface area (TPSA) is 18.5 Å². The predicted molar refractivity (Wildman–Crippen MR) is 128 cm³/mol. The summed E-state index contributed by atoms with van der Waals surface area (Å²) >= 11 is 9.97. The monoisotopic (exact) mass is 434 g/mol. The van der Waals surface area contributed by atoms with Gasteiger partial charge < -0.3 is 9.05 Å². The Hall–Kier alpha value is -2.52. The van der Waals surface area contributed by atoms with Crippen LogP contribution in [0.5, 0.6) is 11.5 Å². The fourth-order valence-corrected chi connectivity index (χ4v) is 4.86. The van der Waals surface area contributed by atoms with Crippen molar-refractivity contribution < 1.29 is 9.05 Å². The summed E-state index contributed by atoms with van der Waals surface area (Å²) in [5, 5.41) is 0. The fourth-order valence-electron chi connectivity index (χ4n) is 2.96. The normalized spacial score (nSPS) is 11.1. The highest BCUT2D eigenvalue weighted by Gasteiger charge is 2.17. The summed E-state index contributed by atoms with van der Waals surface area (Å²) < 4.78 is 11.8. The van der Waals surface area contributed by atoms with E-state index in [4.69, 9.17) is 20.9 Å². The van der Waals surface area contributed by atoms with Crippen LogP contribution in [0.4, 0.5) is 0 Å². The molecule has 0 amide bonds. The van der Waals surface area contributed by atoms with Crippen molar-refractivity contribution in [1.82, 2.24) is 0 Å². The second-order valence-electron chi connectivity index (χ2n) is 6.43. The van der Waals surface area contributed by atoms with Crippen molar-refractivity contribution in [2.45, 2.75) is 0 Å². The molecule has 0 unspecified atom stereocenters. The molecule has 0 saturated carbocycles. The highest BCUT2D eigenvalue weighted by atomic mass is 32.9. The first-order valence-electron chi connectivity index (χ1n) is 9.12. The molecule has 0 atom stereocenters. The molecule has 2 nitrogen and oxygen atoms in total. The molecular weight excluding hydrogens is 415 g/mol. The average molecular weight is 435 g/mol. The molecule has 0 fully saturated rings. The Bertz CT molecular complexity index is 1020. The first-order valence-corrected chi connectivity index (χ1v) is 12.9. The van der Waals surface area contributed by atoms with Crippen LogP contribution in [0.3, 0.4) is 0 Å². The summed E-state index contributed by atoms with van der Waals surface area (Å²) in [5.41, 5.74) is 1.75. The molecule has 0 saturated heterocycles. The number of hydrogen-bond acceptors (Lipinski definition) is 3. The highest BCUT2D eigenvalue weighted by molar-refractivity contribution is 8.60. The minimum Gasteiger partial charge on any atom is -0.428 e. The summed E-state index contributed by atoms with van der Waals surface area (Å²) in [6.45, 7) is 0. The Morgan fingerprint density at radius 1 is 0.483 bits per heavy atom. The maximum atomic E-state index is 5.88. The summed E-state index contributed by atoms with van der Waals surface area (Å²) in [7, 11) is 0. The molecule has 0 N–H and O–H groups in total. The summed E-state index contributed by atoms with van der Waals surface area (Å²) in [6.07, 6.45) is 0. The van der Waals surface area contributed by atoms with Gasteiger partial charge in [0.05, 0.1) is 0 Å². The molecule has 4 aromatic carbocycles. The Balaban J connectivity index is 1.43. The molecule has 4 aromatic rings. The van der Waals surface area contributed by atoms with Crippen LogP contribution in [0.15, 0.2) is 109 Å². The maximum Gasteiger partial charge on any atom is 0.345 e. The van der Waals surface area contributed by atoms with Crippen molar-refractivity contribution in [3.8, 4) is 33.8 Å². The first kappa shape index (κ1) is 19.8. The van der Waals surface area contributed by atoms with Crippen molar-refractivity contribution >= 4 is 29.7 Å². The number of thiol groups is 1. The zero-order chi connectivity index (χ0) is 20.1. The minimum absolute atomic E-state index is 0.643. The van der Waals surface area contributed by atoms with E-state index in [0.29, 0.717) is 11.5 Å². The highest BCUT2D eigenvalue weighted by Crippen LogP contribution is 2.53. The molecule has 29 heavy (non-hydrogen) atoms. The molecule has 4 rings (SSSR count). The van der Waals surface area contributed by atoms with E-state index in [1.807, 2.05) is 84.9 Å². The van der Waals surface area contributed by atoms with E-state index in [1.165, 1.54) is 0 Å². The summed E-state index contributed by atoms with van der Waals surface area (Å²) in [5.74, 6) is 1.29. The second kappa shape index (κ2) is 8.87. The van der Waals surface area contributed by atoms with Gasteiger partial charge in [-0.1, -0.05) is 97.2 Å². The lowest BCUT2D eigenvalue weighted by molar-refractivity contribution is 0.507. The SMILES string of the molecule is S=P(S)(Oc1ccc(-c2ccccc2)cc1)Oc1ccc(-c2ccccc2)cc1. The van der Waals surface area contributed by atoms with Crippen molar-refractivity contribution in [2.24, 2.45) is 0 Å². The van der Waals surface area contributed by atoms with Gasteiger partial charge in [0.1, 0.15) is 11.5 Å². The van der Waals surface area contributed by atoms with Gasteiger partial charge in [0.15, 0.2) is 0 Å². The zero-order valence-electron chi connectivity index (χ0n) is 15.5. The smallest absolute Gasteiger partial charge is 0.345 e. The minimum atomic E-state index is -2.78. The lowest BCUT2D eigenvalue weighted by Gasteiger charge is -2.19. The van der Waals surface area contributed by atoms with Gasteiger partial charge in [0.25, 0.3) is 0 Å². The molecule has 0 radical (unpaired) electrons. The molecule has 0 aromatic heterocycles. The van der Waals surface area contributed by atoms with E-state index in [1.54, 1.807) is 0 Å². The van der Waals surface area contributed by atoms with Crippen LogP contribution in [0.25, 0.3) is 22.3 Å². The Labute approximate surface area is 181 Å². The molecule has 144 valence electrons. The van der Waals surface area contributed by atoms with Crippen molar-refractivity contribution in [3.05, 3.63) is 109 Å². The number of rotatable bonds is 6. The molecule has 0 aliphatic rings. The third-order valence-electron chi connectivity index (χ3n) is 4.36. The van der Waals surface area contributed by atoms with Gasteiger partial charge in [-0.15, -0.1) is 0 Å². The summed E-state index contributed by atoms with van der Waals surface area (Å²) in [4.78, 5) is 0. The number of benzene rings is 4. The molecule has 0 aliphatic heterocycles. The lowest BCUT2D eigenvalue weighted by Crippen LogP contribution is -1.95. The molecule has 0 heterocycles. The zero-order valence-corrected chi connectivity index (χ0v) is 18.1.